The zero-order valence-corrected chi connectivity index (χ0v) is 23.5. The van der Waals surface area contributed by atoms with Crippen molar-refractivity contribution in [2.24, 2.45) is 11.8 Å². The molecule has 0 heterocycles. The summed E-state index contributed by atoms with van der Waals surface area (Å²) in [5.41, 5.74) is 0.811. The van der Waals surface area contributed by atoms with Crippen molar-refractivity contribution < 1.29 is 28.2 Å². The molecule has 0 spiro atoms. The summed E-state index contributed by atoms with van der Waals surface area (Å²) in [4.78, 5) is 25.8. The Morgan fingerprint density at radius 3 is 2.26 bits per heavy atom. The fourth-order valence-corrected chi connectivity index (χ4v) is 5.95. The van der Waals surface area contributed by atoms with Gasteiger partial charge in [-0.2, -0.15) is 0 Å². The molecule has 0 aliphatic heterocycles. The van der Waals surface area contributed by atoms with Crippen LogP contribution in [0.5, 0.6) is 0 Å². The number of aliphatic hydroxyl groups excluding tert-OH is 2. The lowest BCUT2D eigenvalue weighted by atomic mass is 9.82. The second-order valence-electron chi connectivity index (χ2n) is 11.2. The first kappa shape index (κ1) is 30.5. The van der Waals surface area contributed by atoms with Gasteiger partial charge in [0.1, 0.15) is 12.1 Å². The molecule has 0 saturated heterocycles. The molecule has 2 aliphatic carbocycles. The summed E-state index contributed by atoms with van der Waals surface area (Å²) in [6.45, 7) is 3.11. The molecule has 5 N–H and O–H groups in total. The lowest BCUT2D eigenvalue weighted by Crippen LogP contribution is -2.51. The molecule has 0 radical (unpaired) electrons. The fraction of sp³-hybridized carbons (Fsp3) is 0.714. The highest BCUT2D eigenvalue weighted by molar-refractivity contribution is 7.90. The van der Waals surface area contributed by atoms with Crippen LogP contribution >= 0.6 is 0 Å². The Kier molecular flexibility index (Phi) is 11.6. The van der Waals surface area contributed by atoms with E-state index >= 15 is 0 Å². The number of amides is 2. The van der Waals surface area contributed by atoms with Crippen LogP contribution in [0.3, 0.4) is 0 Å². The lowest BCUT2D eigenvalue weighted by Gasteiger charge is -2.32. The van der Waals surface area contributed by atoms with Gasteiger partial charge < -0.3 is 20.8 Å². The highest BCUT2D eigenvalue weighted by Crippen LogP contribution is 2.36. The molecular formula is C28H45N3O6S. The quantitative estimate of drug-likeness (QED) is 0.226. The van der Waals surface area contributed by atoms with Gasteiger partial charge in [0.15, 0.2) is 0 Å². The lowest BCUT2D eigenvalue weighted by molar-refractivity contribution is -0.124. The van der Waals surface area contributed by atoms with E-state index in [1.54, 1.807) is 13.8 Å². The number of nitrogens with one attached hydrogen (secondary N) is 3. The first-order valence-corrected chi connectivity index (χ1v) is 15.6. The summed E-state index contributed by atoms with van der Waals surface area (Å²) in [6.07, 6.45) is 6.30. The summed E-state index contributed by atoms with van der Waals surface area (Å²) >= 11 is 0. The van der Waals surface area contributed by atoms with Gasteiger partial charge in [-0.25, -0.2) is 13.1 Å². The van der Waals surface area contributed by atoms with E-state index in [2.05, 4.69) is 15.4 Å². The summed E-state index contributed by atoms with van der Waals surface area (Å²) in [5, 5.41) is 26.3. The summed E-state index contributed by atoms with van der Waals surface area (Å²) in [7, 11) is -3.70. The minimum Gasteiger partial charge on any atom is -0.390 e. The third-order valence-corrected chi connectivity index (χ3v) is 9.56. The van der Waals surface area contributed by atoms with Gasteiger partial charge in [-0.3, -0.25) is 9.59 Å². The van der Waals surface area contributed by atoms with E-state index < -0.39 is 45.5 Å². The minimum absolute atomic E-state index is 0.0197. The summed E-state index contributed by atoms with van der Waals surface area (Å²) in [6, 6.07) is 7.59. The number of hydrogen-bond donors (Lipinski definition) is 5. The largest absolute Gasteiger partial charge is 0.390 e. The first-order chi connectivity index (χ1) is 18.1. The maximum atomic E-state index is 13.0. The van der Waals surface area contributed by atoms with E-state index in [-0.39, 0.29) is 31.2 Å². The van der Waals surface area contributed by atoms with Gasteiger partial charge in [-0.05, 0) is 56.9 Å². The van der Waals surface area contributed by atoms with Gasteiger partial charge >= 0.3 is 0 Å². The van der Waals surface area contributed by atoms with Gasteiger partial charge in [0.05, 0.1) is 17.4 Å². The molecule has 38 heavy (non-hydrogen) atoms. The molecule has 4 atom stereocenters. The van der Waals surface area contributed by atoms with E-state index in [1.165, 1.54) is 6.42 Å². The van der Waals surface area contributed by atoms with Gasteiger partial charge in [0.25, 0.3) is 0 Å². The van der Waals surface area contributed by atoms with Gasteiger partial charge in [-0.1, -0.05) is 62.4 Å². The number of benzene rings is 1. The van der Waals surface area contributed by atoms with Crippen molar-refractivity contribution in [2.45, 2.75) is 108 Å². The van der Waals surface area contributed by atoms with Crippen LogP contribution in [-0.2, 0) is 26.0 Å². The molecule has 2 aliphatic rings. The molecule has 1 aromatic carbocycles. The molecule has 2 saturated carbocycles. The van der Waals surface area contributed by atoms with Crippen molar-refractivity contribution in [3.8, 4) is 0 Å². The maximum absolute atomic E-state index is 13.0. The molecular weight excluding hydrogens is 506 g/mol. The molecule has 0 aromatic heterocycles. The Bertz CT molecular complexity index is 993. The molecule has 1 aromatic rings. The molecule has 214 valence electrons. The average Bonchev–Trinajstić information content (AvgIpc) is 3.74. The van der Waals surface area contributed by atoms with Crippen LogP contribution in [-0.4, -0.2) is 66.5 Å². The molecule has 0 unspecified atom stereocenters. The topological polar surface area (TPSA) is 145 Å². The Morgan fingerprint density at radius 2 is 1.66 bits per heavy atom. The standard InChI is InChI=1S/C28H45N3O6S/c1-19(2)38(36,37)31-24(18-21-11-7-4-8-12-21)28(35)29-16-15-25(32)30-23(17-20-9-5-3-6-10-20)27(34)26(33)22-13-14-22/h4,7-8,11-12,19-20,22-24,26-27,31,33-34H,3,5-6,9-10,13-18H2,1-2H3,(H,29,35)(H,30,32)/t23-,24-,26-,27+/m0/s1. The monoisotopic (exact) mass is 551 g/mol. The Morgan fingerprint density at radius 1 is 1.00 bits per heavy atom. The van der Waals surface area contributed by atoms with Gasteiger partial charge in [0.2, 0.25) is 21.8 Å². The number of hydrogen-bond acceptors (Lipinski definition) is 6. The smallest absolute Gasteiger partial charge is 0.238 e. The van der Waals surface area contributed by atoms with Crippen molar-refractivity contribution in [1.82, 2.24) is 15.4 Å². The molecule has 10 heteroatoms. The maximum Gasteiger partial charge on any atom is 0.238 e. The van der Waals surface area contributed by atoms with E-state index in [9.17, 15) is 28.2 Å². The highest BCUT2D eigenvalue weighted by Gasteiger charge is 2.39. The van der Waals surface area contributed by atoms with Crippen LogP contribution in [0.25, 0.3) is 0 Å². The van der Waals surface area contributed by atoms with Crippen LogP contribution in [0.4, 0.5) is 0 Å². The predicted octanol–water partition coefficient (Wildman–Crippen LogP) is 2.02. The van der Waals surface area contributed by atoms with Crippen LogP contribution in [0, 0.1) is 11.8 Å². The SMILES string of the molecule is CC(C)S(=O)(=O)N[C@@H](Cc1ccccc1)C(=O)NCCC(=O)N[C@@H](CC1CCCCC1)[C@@H](O)[C@@H](O)C1CC1. The minimum atomic E-state index is -3.70. The van der Waals surface area contributed by atoms with E-state index in [4.69, 9.17) is 0 Å². The molecule has 2 fully saturated rings. The van der Waals surface area contributed by atoms with Crippen molar-refractivity contribution in [3.05, 3.63) is 35.9 Å². The van der Waals surface area contributed by atoms with E-state index in [0.29, 0.717) is 12.3 Å². The number of carbonyl (C=O) groups excluding carboxylic acids is 2. The van der Waals surface area contributed by atoms with Gasteiger partial charge in [-0.15, -0.1) is 0 Å². The van der Waals surface area contributed by atoms with Crippen LogP contribution in [0.15, 0.2) is 30.3 Å². The predicted molar refractivity (Wildman–Crippen MR) is 147 cm³/mol. The van der Waals surface area contributed by atoms with Crippen molar-refractivity contribution >= 4 is 21.8 Å². The normalized spacial score (nSPS) is 19.9. The summed E-state index contributed by atoms with van der Waals surface area (Å²) in [5.74, 6) is -0.335. The second-order valence-corrected chi connectivity index (χ2v) is 13.5. The third kappa shape index (κ3) is 9.63. The number of rotatable bonds is 15. The van der Waals surface area contributed by atoms with E-state index in [0.717, 1.165) is 44.1 Å². The zero-order valence-electron chi connectivity index (χ0n) is 22.6. The number of aliphatic hydroxyl groups is 2. The van der Waals surface area contributed by atoms with E-state index in [1.807, 2.05) is 30.3 Å². The molecule has 9 nitrogen and oxygen atoms in total. The Hall–Kier alpha value is -2.01. The molecule has 3 rings (SSSR count). The number of carbonyl (C=O) groups is 2. The van der Waals surface area contributed by atoms with Gasteiger partial charge in [0, 0.05) is 13.0 Å². The Balaban J connectivity index is 1.55. The average molecular weight is 552 g/mol. The molecule has 2 amide bonds. The Labute approximate surface area is 227 Å². The summed E-state index contributed by atoms with van der Waals surface area (Å²) < 4.78 is 27.4. The third-order valence-electron chi connectivity index (χ3n) is 7.70. The first-order valence-electron chi connectivity index (χ1n) is 14.0. The van der Waals surface area contributed by atoms with Crippen LogP contribution in [0.1, 0.15) is 77.2 Å². The second kappa shape index (κ2) is 14.4. The van der Waals surface area contributed by atoms with Crippen LogP contribution in [0.2, 0.25) is 0 Å². The van der Waals surface area contributed by atoms with Crippen molar-refractivity contribution in [2.75, 3.05) is 6.54 Å². The van der Waals surface area contributed by atoms with Crippen LogP contribution < -0.4 is 15.4 Å². The molecule has 0 bridgehead atoms. The fourth-order valence-electron chi connectivity index (χ4n) is 5.09. The number of sulfonamides is 1. The van der Waals surface area contributed by atoms with Crippen molar-refractivity contribution in [3.63, 3.8) is 0 Å². The zero-order chi connectivity index (χ0) is 27.7. The van der Waals surface area contributed by atoms with Crippen molar-refractivity contribution in [1.29, 1.82) is 0 Å². The highest BCUT2D eigenvalue weighted by atomic mass is 32.2.